The number of benzene rings is 2. The third kappa shape index (κ3) is 2.33. The van der Waals surface area contributed by atoms with Crippen molar-refractivity contribution >= 4 is 38.5 Å². The Hall–Kier alpha value is -1.94. The van der Waals surface area contributed by atoms with Crippen LogP contribution in [0.1, 0.15) is 0 Å². The van der Waals surface area contributed by atoms with Gasteiger partial charge in [-0.3, -0.25) is 0 Å². The second-order valence-corrected chi connectivity index (χ2v) is 4.80. The summed E-state index contributed by atoms with van der Waals surface area (Å²) in [4.78, 5) is 8.75. The molecule has 0 aliphatic carbocycles. The lowest BCUT2D eigenvalue weighted by Crippen LogP contribution is -1.96. The summed E-state index contributed by atoms with van der Waals surface area (Å²) in [6.07, 6.45) is 1.82. The quantitative estimate of drug-likeness (QED) is 0.773. The molecule has 3 aromatic rings. The summed E-state index contributed by atoms with van der Waals surface area (Å²) in [6, 6.07) is 15.8. The molecule has 88 valence electrons. The van der Waals surface area contributed by atoms with E-state index >= 15 is 0 Å². The summed E-state index contributed by atoms with van der Waals surface area (Å²) in [7, 11) is 0. The molecule has 0 spiro atoms. The minimum Gasteiger partial charge on any atom is -0.324 e. The van der Waals surface area contributed by atoms with Crippen LogP contribution in [-0.2, 0) is 0 Å². The number of nitrogens with one attached hydrogen (secondary N) is 1. The predicted octanol–water partition coefficient (Wildman–Crippen LogP) is 4.14. The lowest BCUT2D eigenvalue weighted by Gasteiger charge is -2.05. The first-order valence-electron chi connectivity index (χ1n) is 5.56. The Labute approximate surface area is 113 Å². The van der Waals surface area contributed by atoms with Gasteiger partial charge in [-0.15, -0.1) is 0 Å². The van der Waals surface area contributed by atoms with E-state index in [1.54, 1.807) is 0 Å². The maximum absolute atomic E-state index is 4.46. The molecule has 1 heterocycles. The van der Waals surface area contributed by atoms with Gasteiger partial charge in [0.05, 0.1) is 5.52 Å². The van der Waals surface area contributed by atoms with Crippen molar-refractivity contribution in [2.75, 3.05) is 5.32 Å². The Kier molecular flexibility index (Phi) is 2.94. The highest BCUT2D eigenvalue weighted by atomic mass is 79.9. The number of halogens is 1. The molecule has 18 heavy (non-hydrogen) atoms. The van der Waals surface area contributed by atoms with Gasteiger partial charge < -0.3 is 5.32 Å². The van der Waals surface area contributed by atoms with Crippen LogP contribution in [0.2, 0.25) is 0 Å². The normalized spacial score (nSPS) is 10.5. The van der Waals surface area contributed by atoms with E-state index < -0.39 is 0 Å². The van der Waals surface area contributed by atoms with Crippen LogP contribution >= 0.6 is 15.9 Å². The monoisotopic (exact) mass is 299 g/mol. The Morgan fingerprint density at radius 3 is 2.56 bits per heavy atom. The molecule has 0 aliphatic heterocycles. The molecule has 1 N–H and O–H groups in total. The maximum atomic E-state index is 4.46. The van der Waals surface area contributed by atoms with Gasteiger partial charge in [-0.1, -0.05) is 34.1 Å². The van der Waals surface area contributed by atoms with Gasteiger partial charge in [-0.25, -0.2) is 9.97 Å². The van der Waals surface area contributed by atoms with Gasteiger partial charge in [0.2, 0.25) is 5.95 Å². The predicted molar refractivity (Wildman–Crippen MR) is 77.0 cm³/mol. The summed E-state index contributed by atoms with van der Waals surface area (Å²) in [5.41, 5.74) is 1.90. The van der Waals surface area contributed by atoms with E-state index in [9.17, 15) is 0 Å². The topological polar surface area (TPSA) is 37.8 Å². The molecule has 0 bridgehead atoms. The first-order valence-corrected chi connectivity index (χ1v) is 6.35. The van der Waals surface area contributed by atoms with Crippen molar-refractivity contribution < 1.29 is 0 Å². The highest BCUT2D eigenvalue weighted by Gasteiger charge is 1.99. The van der Waals surface area contributed by atoms with Crippen LogP contribution in [0, 0.1) is 0 Å². The first kappa shape index (κ1) is 11.2. The van der Waals surface area contributed by atoms with Gasteiger partial charge in [0, 0.05) is 21.7 Å². The van der Waals surface area contributed by atoms with Gasteiger partial charge in [0.15, 0.2) is 0 Å². The van der Waals surface area contributed by atoms with Crippen molar-refractivity contribution in [2.24, 2.45) is 0 Å². The molecular formula is C14H10BrN3. The van der Waals surface area contributed by atoms with Crippen LogP contribution in [0.5, 0.6) is 0 Å². The number of hydrogen-bond acceptors (Lipinski definition) is 3. The third-order valence-corrected chi connectivity index (χ3v) is 3.12. The van der Waals surface area contributed by atoms with Crippen molar-refractivity contribution in [3.05, 3.63) is 59.2 Å². The van der Waals surface area contributed by atoms with E-state index in [2.05, 4.69) is 31.2 Å². The molecule has 0 amide bonds. The smallest absolute Gasteiger partial charge is 0.227 e. The summed E-state index contributed by atoms with van der Waals surface area (Å²) < 4.78 is 1.05. The van der Waals surface area contributed by atoms with E-state index in [1.807, 2.05) is 54.7 Å². The average Bonchev–Trinajstić information content (AvgIpc) is 2.41. The first-order chi connectivity index (χ1) is 8.81. The number of aromatic nitrogens is 2. The largest absolute Gasteiger partial charge is 0.324 e. The summed E-state index contributed by atoms with van der Waals surface area (Å²) in [6.45, 7) is 0. The summed E-state index contributed by atoms with van der Waals surface area (Å²) >= 11 is 3.40. The molecule has 0 radical (unpaired) electrons. The standard InChI is InChI=1S/C14H10BrN3/c15-11-5-7-12(8-6-11)17-14-16-9-10-3-1-2-4-13(10)18-14/h1-9H,(H,16,17,18). The molecule has 1 aromatic heterocycles. The van der Waals surface area contributed by atoms with Gasteiger partial charge >= 0.3 is 0 Å². The molecular weight excluding hydrogens is 290 g/mol. The number of hydrogen-bond donors (Lipinski definition) is 1. The van der Waals surface area contributed by atoms with E-state index in [0.29, 0.717) is 5.95 Å². The Morgan fingerprint density at radius 2 is 1.72 bits per heavy atom. The molecule has 2 aromatic carbocycles. The maximum Gasteiger partial charge on any atom is 0.227 e. The zero-order valence-corrected chi connectivity index (χ0v) is 11.1. The Balaban J connectivity index is 1.92. The van der Waals surface area contributed by atoms with Crippen LogP contribution < -0.4 is 5.32 Å². The number of anilines is 2. The van der Waals surface area contributed by atoms with Gasteiger partial charge in [0.1, 0.15) is 0 Å². The zero-order chi connectivity index (χ0) is 12.4. The minimum atomic E-state index is 0.607. The Bertz CT molecular complexity index is 680. The zero-order valence-electron chi connectivity index (χ0n) is 9.47. The molecule has 0 fully saturated rings. The van der Waals surface area contributed by atoms with Crippen molar-refractivity contribution in [3.63, 3.8) is 0 Å². The van der Waals surface area contributed by atoms with Crippen LogP contribution in [0.3, 0.4) is 0 Å². The van der Waals surface area contributed by atoms with Crippen molar-refractivity contribution in [2.45, 2.75) is 0 Å². The van der Waals surface area contributed by atoms with Gasteiger partial charge in [0.25, 0.3) is 0 Å². The fourth-order valence-electron chi connectivity index (χ4n) is 1.69. The lowest BCUT2D eigenvalue weighted by molar-refractivity contribution is 1.21. The highest BCUT2D eigenvalue weighted by molar-refractivity contribution is 9.10. The molecule has 4 heteroatoms. The van der Waals surface area contributed by atoms with Crippen molar-refractivity contribution in [3.8, 4) is 0 Å². The lowest BCUT2D eigenvalue weighted by atomic mass is 10.2. The van der Waals surface area contributed by atoms with Crippen LogP contribution in [0.4, 0.5) is 11.6 Å². The third-order valence-electron chi connectivity index (χ3n) is 2.59. The van der Waals surface area contributed by atoms with Crippen LogP contribution in [-0.4, -0.2) is 9.97 Å². The molecule has 3 rings (SSSR count). The summed E-state index contributed by atoms with van der Waals surface area (Å²) in [5, 5.41) is 4.22. The van der Waals surface area contributed by atoms with E-state index in [4.69, 9.17) is 0 Å². The second-order valence-electron chi connectivity index (χ2n) is 3.88. The number of nitrogens with zero attached hydrogens (tertiary/aromatic N) is 2. The van der Waals surface area contributed by atoms with E-state index in [0.717, 1.165) is 21.1 Å². The molecule has 0 unspecified atom stereocenters. The fraction of sp³-hybridized carbons (Fsp3) is 0. The summed E-state index contributed by atoms with van der Waals surface area (Å²) in [5.74, 6) is 0.607. The molecule has 0 aliphatic rings. The molecule has 0 saturated carbocycles. The SMILES string of the molecule is Brc1ccc(Nc2ncc3ccccc3n2)cc1. The molecule has 0 atom stereocenters. The van der Waals surface area contributed by atoms with E-state index in [-0.39, 0.29) is 0 Å². The van der Waals surface area contributed by atoms with Crippen molar-refractivity contribution in [1.29, 1.82) is 0 Å². The van der Waals surface area contributed by atoms with Gasteiger partial charge in [-0.05, 0) is 30.3 Å². The van der Waals surface area contributed by atoms with Crippen molar-refractivity contribution in [1.82, 2.24) is 9.97 Å². The number of para-hydroxylation sites is 1. The van der Waals surface area contributed by atoms with E-state index in [1.165, 1.54) is 0 Å². The number of fused-ring (bicyclic) bond motifs is 1. The molecule has 3 nitrogen and oxygen atoms in total. The fourth-order valence-corrected chi connectivity index (χ4v) is 1.96. The number of rotatable bonds is 2. The van der Waals surface area contributed by atoms with Crippen LogP contribution in [0.15, 0.2) is 59.2 Å². The molecule has 0 saturated heterocycles. The Morgan fingerprint density at radius 1 is 0.944 bits per heavy atom. The van der Waals surface area contributed by atoms with Gasteiger partial charge in [-0.2, -0.15) is 0 Å². The minimum absolute atomic E-state index is 0.607. The average molecular weight is 300 g/mol. The highest BCUT2D eigenvalue weighted by Crippen LogP contribution is 2.18. The second kappa shape index (κ2) is 4.74. The van der Waals surface area contributed by atoms with Crippen LogP contribution in [0.25, 0.3) is 10.9 Å².